The molecule has 124 valence electrons. The van der Waals surface area contributed by atoms with Crippen molar-refractivity contribution >= 4 is 22.6 Å². The molecule has 2 saturated carbocycles. The van der Waals surface area contributed by atoms with E-state index >= 15 is 0 Å². The number of nitrogens with zero attached hydrogens (tertiary/aromatic N) is 4. The number of benzene rings is 1. The number of carbonyl (C=O) groups is 1. The van der Waals surface area contributed by atoms with Crippen molar-refractivity contribution in [1.29, 1.82) is 0 Å². The Morgan fingerprint density at radius 3 is 2.42 bits per heavy atom. The predicted molar refractivity (Wildman–Crippen MR) is 93.0 cm³/mol. The van der Waals surface area contributed by atoms with Gasteiger partial charge in [0.1, 0.15) is 11.6 Å². The lowest BCUT2D eigenvalue weighted by atomic mass is 10.2. The highest BCUT2D eigenvalue weighted by atomic mass is 16.2. The van der Waals surface area contributed by atoms with Gasteiger partial charge in [0.15, 0.2) is 0 Å². The van der Waals surface area contributed by atoms with Crippen LogP contribution < -0.4 is 4.90 Å². The van der Waals surface area contributed by atoms with E-state index in [0.717, 1.165) is 61.6 Å². The van der Waals surface area contributed by atoms with Crippen LogP contribution in [-0.4, -0.2) is 47.0 Å². The minimum atomic E-state index is 0.317. The normalized spacial score (nSPS) is 21.3. The predicted octanol–water partition coefficient (Wildman–Crippen LogP) is 2.57. The molecule has 5 nitrogen and oxygen atoms in total. The summed E-state index contributed by atoms with van der Waals surface area (Å²) in [6.07, 6.45) is 4.59. The van der Waals surface area contributed by atoms with Gasteiger partial charge in [0.2, 0.25) is 5.91 Å². The summed E-state index contributed by atoms with van der Waals surface area (Å²) >= 11 is 0. The summed E-state index contributed by atoms with van der Waals surface area (Å²) in [7, 11) is 0. The third-order valence-corrected chi connectivity index (χ3v) is 5.36. The van der Waals surface area contributed by atoms with E-state index in [1.807, 2.05) is 11.0 Å². The second-order valence-electron chi connectivity index (χ2n) is 7.28. The Bertz CT molecular complexity index is 789. The number of aromatic nitrogens is 2. The average Bonchev–Trinajstić information content (AvgIpc) is 3.52. The summed E-state index contributed by atoms with van der Waals surface area (Å²) in [6, 6.07) is 8.29. The molecule has 0 unspecified atom stereocenters. The van der Waals surface area contributed by atoms with Crippen LogP contribution >= 0.6 is 0 Å². The summed E-state index contributed by atoms with van der Waals surface area (Å²) in [4.78, 5) is 26.3. The number of fused-ring (bicyclic) bond motifs is 1. The van der Waals surface area contributed by atoms with Gasteiger partial charge in [-0.1, -0.05) is 12.1 Å². The fourth-order valence-corrected chi connectivity index (χ4v) is 3.57. The van der Waals surface area contributed by atoms with Crippen LogP contribution in [0.2, 0.25) is 0 Å². The van der Waals surface area contributed by atoms with Gasteiger partial charge in [0, 0.05) is 43.4 Å². The highest BCUT2D eigenvalue weighted by Crippen LogP contribution is 2.40. The van der Waals surface area contributed by atoms with E-state index in [9.17, 15) is 4.79 Å². The first-order chi connectivity index (χ1) is 11.8. The van der Waals surface area contributed by atoms with Gasteiger partial charge in [-0.05, 0) is 37.8 Å². The maximum Gasteiger partial charge on any atom is 0.225 e. The maximum absolute atomic E-state index is 12.2. The molecule has 2 heterocycles. The Balaban J connectivity index is 1.43. The number of rotatable bonds is 3. The number of anilines is 1. The monoisotopic (exact) mass is 322 g/mol. The van der Waals surface area contributed by atoms with Crippen molar-refractivity contribution in [3.8, 4) is 0 Å². The van der Waals surface area contributed by atoms with Crippen molar-refractivity contribution in [1.82, 2.24) is 14.9 Å². The number of para-hydroxylation sites is 1. The lowest BCUT2D eigenvalue weighted by Crippen LogP contribution is -2.49. The van der Waals surface area contributed by atoms with Crippen molar-refractivity contribution in [3.05, 3.63) is 30.1 Å². The minimum Gasteiger partial charge on any atom is -0.352 e. The van der Waals surface area contributed by atoms with Crippen molar-refractivity contribution in [2.45, 2.75) is 31.6 Å². The van der Waals surface area contributed by atoms with Crippen molar-refractivity contribution < 1.29 is 4.79 Å². The van der Waals surface area contributed by atoms with Gasteiger partial charge in [-0.15, -0.1) is 0 Å². The molecule has 0 bridgehead atoms. The molecule has 2 aromatic rings. The van der Waals surface area contributed by atoms with Crippen LogP contribution in [0, 0.1) is 5.92 Å². The molecule has 2 aliphatic carbocycles. The van der Waals surface area contributed by atoms with Crippen molar-refractivity contribution in [2.24, 2.45) is 5.92 Å². The molecule has 1 aliphatic heterocycles. The van der Waals surface area contributed by atoms with Crippen molar-refractivity contribution in [2.75, 3.05) is 31.1 Å². The van der Waals surface area contributed by atoms with Crippen LogP contribution in [0.5, 0.6) is 0 Å². The van der Waals surface area contributed by atoms with E-state index in [1.54, 1.807) is 0 Å². The standard InChI is InChI=1S/C19H22N4O/c24-19(14-7-8-14)23-11-9-22(10-12-23)18-15-3-1-2-4-16(15)20-17(21-18)13-5-6-13/h1-4,13-14H,5-12H2. The van der Waals surface area contributed by atoms with E-state index in [4.69, 9.17) is 9.97 Å². The highest BCUT2D eigenvalue weighted by Gasteiger charge is 2.35. The summed E-state index contributed by atoms with van der Waals surface area (Å²) < 4.78 is 0. The van der Waals surface area contributed by atoms with Crippen LogP contribution in [-0.2, 0) is 4.79 Å². The van der Waals surface area contributed by atoms with Crippen LogP contribution in [0.15, 0.2) is 24.3 Å². The zero-order chi connectivity index (χ0) is 16.1. The second-order valence-corrected chi connectivity index (χ2v) is 7.28. The SMILES string of the molecule is O=C(C1CC1)N1CCN(c2nc(C3CC3)nc3ccccc23)CC1. The molecule has 5 rings (SSSR count). The molecule has 5 heteroatoms. The van der Waals surface area contributed by atoms with Crippen LogP contribution in [0.3, 0.4) is 0 Å². The van der Waals surface area contributed by atoms with E-state index in [0.29, 0.717) is 17.7 Å². The van der Waals surface area contributed by atoms with Crippen molar-refractivity contribution in [3.63, 3.8) is 0 Å². The Morgan fingerprint density at radius 2 is 1.71 bits per heavy atom. The lowest BCUT2D eigenvalue weighted by Gasteiger charge is -2.36. The van der Waals surface area contributed by atoms with Gasteiger partial charge < -0.3 is 9.80 Å². The molecular weight excluding hydrogens is 300 g/mol. The Labute approximate surface area is 141 Å². The molecule has 1 saturated heterocycles. The molecular formula is C19H22N4O. The topological polar surface area (TPSA) is 49.3 Å². The van der Waals surface area contributed by atoms with E-state index in [2.05, 4.69) is 23.1 Å². The van der Waals surface area contributed by atoms with Crippen LogP contribution in [0.4, 0.5) is 5.82 Å². The molecule has 24 heavy (non-hydrogen) atoms. The number of carbonyl (C=O) groups excluding carboxylic acids is 1. The zero-order valence-electron chi connectivity index (χ0n) is 13.8. The van der Waals surface area contributed by atoms with E-state index < -0.39 is 0 Å². The number of hydrogen-bond acceptors (Lipinski definition) is 4. The molecule has 0 N–H and O–H groups in total. The maximum atomic E-state index is 12.2. The van der Waals surface area contributed by atoms with Gasteiger partial charge in [-0.3, -0.25) is 4.79 Å². The van der Waals surface area contributed by atoms with Crippen LogP contribution in [0.25, 0.3) is 10.9 Å². The van der Waals surface area contributed by atoms with Gasteiger partial charge in [0.05, 0.1) is 5.52 Å². The zero-order valence-corrected chi connectivity index (χ0v) is 13.8. The summed E-state index contributed by atoms with van der Waals surface area (Å²) in [6.45, 7) is 3.35. The first-order valence-electron chi connectivity index (χ1n) is 9.10. The Kier molecular flexibility index (Phi) is 3.21. The molecule has 0 atom stereocenters. The van der Waals surface area contributed by atoms with Gasteiger partial charge in [-0.2, -0.15) is 0 Å². The molecule has 3 fully saturated rings. The number of amides is 1. The Hall–Kier alpha value is -2.17. The number of hydrogen-bond donors (Lipinski definition) is 0. The third-order valence-electron chi connectivity index (χ3n) is 5.36. The van der Waals surface area contributed by atoms with E-state index in [1.165, 1.54) is 12.8 Å². The lowest BCUT2D eigenvalue weighted by molar-refractivity contribution is -0.132. The summed E-state index contributed by atoms with van der Waals surface area (Å²) in [5, 5.41) is 1.13. The minimum absolute atomic E-state index is 0.317. The largest absolute Gasteiger partial charge is 0.352 e. The van der Waals surface area contributed by atoms with Gasteiger partial charge in [0.25, 0.3) is 0 Å². The fourth-order valence-electron chi connectivity index (χ4n) is 3.57. The first kappa shape index (κ1) is 14.2. The van der Waals surface area contributed by atoms with Crippen LogP contribution in [0.1, 0.15) is 37.4 Å². The average molecular weight is 322 g/mol. The second kappa shape index (κ2) is 5.43. The summed E-state index contributed by atoms with van der Waals surface area (Å²) in [5.74, 6) is 3.28. The highest BCUT2D eigenvalue weighted by molar-refractivity contribution is 5.90. The Morgan fingerprint density at radius 1 is 0.958 bits per heavy atom. The molecule has 1 aromatic carbocycles. The summed E-state index contributed by atoms with van der Waals surface area (Å²) in [5.41, 5.74) is 1.04. The smallest absolute Gasteiger partial charge is 0.225 e. The van der Waals surface area contributed by atoms with E-state index in [-0.39, 0.29) is 0 Å². The molecule has 0 radical (unpaired) electrons. The van der Waals surface area contributed by atoms with Gasteiger partial charge >= 0.3 is 0 Å². The molecule has 0 spiro atoms. The third kappa shape index (κ3) is 2.52. The first-order valence-corrected chi connectivity index (χ1v) is 9.10. The molecule has 1 aromatic heterocycles. The quantitative estimate of drug-likeness (QED) is 0.871. The molecule has 3 aliphatic rings. The number of piperazine rings is 1. The fraction of sp³-hybridized carbons (Fsp3) is 0.526. The molecule has 1 amide bonds. The van der Waals surface area contributed by atoms with Gasteiger partial charge in [-0.25, -0.2) is 9.97 Å².